The molecule has 0 bridgehead atoms. The number of halogens is 1. The Morgan fingerprint density at radius 3 is 2.00 bits per heavy atom. The van der Waals surface area contributed by atoms with E-state index in [1.54, 1.807) is 0 Å². The topological polar surface area (TPSA) is 20.3 Å². The highest BCUT2D eigenvalue weighted by molar-refractivity contribution is 14.1. The molecule has 0 radical (unpaired) electrons. The number of rotatable bonds is 3. The zero-order valence-corrected chi connectivity index (χ0v) is 15.7. The van der Waals surface area contributed by atoms with Gasteiger partial charge in [0.2, 0.25) is 0 Å². The average molecular weight is 437 g/mol. The lowest BCUT2D eigenvalue weighted by Crippen LogP contribution is -2.23. The Balaban J connectivity index is 1.86. The van der Waals surface area contributed by atoms with Crippen molar-refractivity contribution in [2.75, 3.05) is 0 Å². The van der Waals surface area contributed by atoms with Crippen molar-refractivity contribution < 1.29 is 4.79 Å². The van der Waals surface area contributed by atoms with E-state index in [-0.39, 0.29) is 5.91 Å². The molecule has 3 heteroatoms. The molecule has 122 valence electrons. The van der Waals surface area contributed by atoms with Gasteiger partial charge in [0.05, 0.1) is 12.2 Å². The van der Waals surface area contributed by atoms with Crippen molar-refractivity contribution in [2.45, 2.75) is 6.54 Å². The molecule has 0 aliphatic carbocycles. The number of carbonyl (C=O) groups excluding carboxylic acids is 1. The minimum atomic E-state index is 0.0690. The minimum absolute atomic E-state index is 0.0690. The predicted molar refractivity (Wildman–Crippen MR) is 110 cm³/mol. The molecule has 0 aromatic heterocycles. The highest BCUT2D eigenvalue weighted by Crippen LogP contribution is 2.41. The summed E-state index contributed by atoms with van der Waals surface area (Å²) < 4.78 is 1.09. The fourth-order valence-corrected chi connectivity index (χ4v) is 4.08. The number of hydrogen-bond donors (Lipinski definition) is 0. The second-order valence-electron chi connectivity index (χ2n) is 5.95. The summed E-state index contributed by atoms with van der Waals surface area (Å²) in [7, 11) is 0. The molecule has 0 spiro atoms. The summed E-state index contributed by atoms with van der Waals surface area (Å²) in [5.41, 5.74) is 5.03. The monoisotopic (exact) mass is 437 g/mol. The first kappa shape index (κ1) is 16.1. The molecule has 1 amide bonds. The molecule has 3 aromatic rings. The molecule has 1 heterocycles. The molecule has 3 aromatic carbocycles. The largest absolute Gasteiger partial charge is 0.302 e. The Labute approximate surface area is 160 Å². The van der Waals surface area contributed by atoms with Gasteiger partial charge in [-0.3, -0.25) is 4.79 Å². The average Bonchev–Trinajstić information content (AvgIpc) is 2.95. The Morgan fingerprint density at radius 2 is 1.32 bits per heavy atom. The molecule has 2 nitrogen and oxygen atoms in total. The lowest BCUT2D eigenvalue weighted by atomic mass is 10.1. The first-order valence-electron chi connectivity index (χ1n) is 8.16. The molecule has 1 aliphatic rings. The molecule has 0 N–H and O–H groups in total. The number of benzene rings is 3. The van der Waals surface area contributed by atoms with Crippen LogP contribution in [0.25, 0.3) is 9.28 Å². The Hall–Kier alpha value is -2.40. The van der Waals surface area contributed by atoms with E-state index in [9.17, 15) is 4.79 Å². The van der Waals surface area contributed by atoms with Crippen LogP contribution in [0.4, 0.5) is 0 Å². The summed E-state index contributed by atoms with van der Waals surface area (Å²) in [4.78, 5) is 14.9. The van der Waals surface area contributed by atoms with Crippen molar-refractivity contribution in [3.05, 3.63) is 107 Å². The third-order valence-electron chi connectivity index (χ3n) is 4.35. The van der Waals surface area contributed by atoms with Gasteiger partial charge >= 0.3 is 0 Å². The molecular formula is C22H16INO. The third-order valence-corrected chi connectivity index (χ3v) is 5.48. The van der Waals surface area contributed by atoms with Gasteiger partial charge in [0.1, 0.15) is 0 Å². The lowest BCUT2D eigenvalue weighted by molar-refractivity contribution is 0.0843. The van der Waals surface area contributed by atoms with Crippen LogP contribution in [0, 0.1) is 0 Å². The van der Waals surface area contributed by atoms with Crippen LogP contribution >= 0.6 is 22.6 Å². The summed E-state index contributed by atoms with van der Waals surface area (Å²) in [5.74, 6) is 0.0690. The van der Waals surface area contributed by atoms with Crippen LogP contribution in [0.2, 0.25) is 0 Å². The van der Waals surface area contributed by atoms with Crippen molar-refractivity contribution in [1.29, 1.82) is 0 Å². The van der Waals surface area contributed by atoms with Gasteiger partial charge < -0.3 is 4.90 Å². The minimum Gasteiger partial charge on any atom is -0.302 e. The summed E-state index contributed by atoms with van der Waals surface area (Å²) in [6.45, 7) is 0.572. The number of amides is 1. The van der Waals surface area contributed by atoms with E-state index in [4.69, 9.17) is 0 Å². The van der Waals surface area contributed by atoms with Gasteiger partial charge in [0.15, 0.2) is 0 Å². The van der Waals surface area contributed by atoms with E-state index < -0.39 is 0 Å². The van der Waals surface area contributed by atoms with Crippen molar-refractivity contribution >= 4 is 37.8 Å². The van der Waals surface area contributed by atoms with Gasteiger partial charge in [-0.15, -0.1) is 0 Å². The molecule has 0 atom stereocenters. The van der Waals surface area contributed by atoms with Crippen molar-refractivity contribution in [1.82, 2.24) is 4.90 Å². The molecule has 0 unspecified atom stereocenters. The molecule has 0 fully saturated rings. The van der Waals surface area contributed by atoms with E-state index in [0.717, 1.165) is 31.5 Å². The van der Waals surface area contributed by atoms with Crippen LogP contribution in [-0.4, -0.2) is 10.8 Å². The van der Waals surface area contributed by atoms with E-state index in [0.29, 0.717) is 6.54 Å². The quantitative estimate of drug-likeness (QED) is 0.489. The summed E-state index contributed by atoms with van der Waals surface area (Å²) in [5, 5.41) is 0. The van der Waals surface area contributed by atoms with E-state index in [2.05, 4.69) is 46.9 Å². The first-order chi connectivity index (χ1) is 12.3. The van der Waals surface area contributed by atoms with Crippen molar-refractivity contribution in [2.24, 2.45) is 0 Å². The molecule has 0 saturated carbocycles. The predicted octanol–water partition coefficient (Wildman–Crippen LogP) is 5.60. The standard InChI is InChI=1S/C22H16INO/c23-20(17-11-5-2-6-12-17)21-18-13-7-8-14-19(18)22(25)24(21)15-16-9-3-1-4-10-16/h1-14H,15H2/b21-20-. The normalized spacial score (nSPS) is 15.2. The fourth-order valence-electron chi connectivity index (χ4n) is 3.14. The molecule has 1 aliphatic heterocycles. The molecule has 0 saturated heterocycles. The van der Waals surface area contributed by atoms with Crippen LogP contribution in [0.3, 0.4) is 0 Å². The summed E-state index contributed by atoms with van der Waals surface area (Å²) in [6, 6.07) is 28.2. The maximum absolute atomic E-state index is 13.0. The Morgan fingerprint density at radius 1 is 0.760 bits per heavy atom. The maximum Gasteiger partial charge on any atom is 0.259 e. The van der Waals surface area contributed by atoms with Gasteiger partial charge in [0.25, 0.3) is 5.91 Å². The second kappa shape index (κ2) is 6.84. The van der Waals surface area contributed by atoms with Gasteiger partial charge in [-0.1, -0.05) is 78.9 Å². The zero-order valence-electron chi connectivity index (χ0n) is 13.5. The number of fused-ring (bicyclic) bond motifs is 1. The van der Waals surface area contributed by atoms with Gasteiger partial charge in [-0.05, 0) is 39.8 Å². The maximum atomic E-state index is 13.0. The van der Waals surface area contributed by atoms with E-state index >= 15 is 0 Å². The lowest BCUT2D eigenvalue weighted by Gasteiger charge is -2.20. The summed E-state index contributed by atoms with van der Waals surface area (Å²) in [6.07, 6.45) is 0. The smallest absolute Gasteiger partial charge is 0.259 e. The SMILES string of the molecule is O=C1c2ccccc2/C(=C(/I)c2ccccc2)N1Cc1ccccc1. The first-order valence-corrected chi connectivity index (χ1v) is 9.24. The molecule has 25 heavy (non-hydrogen) atoms. The second-order valence-corrected chi connectivity index (χ2v) is 7.03. The van der Waals surface area contributed by atoms with E-state index in [1.165, 1.54) is 0 Å². The zero-order chi connectivity index (χ0) is 17.2. The third kappa shape index (κ3) is 3.00. The van der Waals surface area contributed by atoms with Crippen LogP contribution < -0.4 is 0 Å². The Bertz CT molecular complexity index is 948. The van der Waals surface area contributed by atoms with E-state index in [1.807, 2.05) is 65.6 Å². The number of nitrogens with zero attached hydrogens (tertiary/aromatic N) is 1. The molecule has 4 rings (SSSR count). The highest BCUT2D eigenvalue weighted by atomic mass is 127. The summed E-state index contributed by atoms with van der Waals surface area (Å²) >= 11 is 2.36. The van der Waals surface area contributed by atoms with Crippen molar-refractivity contribution in [3.63, 3.8) is 0 Å². The van der Waals surface area contributed by atoms with Gasteiger partial charge in [-0.25, -0.2) is 0 Å². The number of hydrogen-bond acceptors (Lipinski definition) is 1. The van der Waals surface area contributed by atoms with Gasteiger partial charge in [-0.2, -0.15) is 0 Å². The van der Waals surface area contributed by atoms with Crippen LogP contribution in [0.5, 0.6) is 0 Å². The van der Waals surface area contributed by atoms with Crippen LogP contribution in [0.1, 0.15) is 27.0 Å². The van der Waals surface area contributed by atoms with Crippen LogP contribution in [0.15, 0.2) is 84.9 Å². The fraction of sp³-hybridized carbons (Fsp3) is 0.0455. The van der Waals surface area contributed by atoms with Gasteiger partial charge in [0, 0.05) is 14.7 Å². The molecular weight excluding hydrogens is 421 g/mol. The highest BCUT2D eigenvalue weighted by Gasteiger charge is 2.33. The van der Waals surface area contributed by atoms with Crippen molar-refractivity contribution in [3.8, 4) is 0 Å². The number of carbonyl (C=O) groups is 1. The van der Waals surface area contributed by atoms with Crippen LogP contribution in [-0.2, 0) is 6.54 Å². The Kier molecular flexibility index (Phi) is 4.40.